The summed E-state index contributed by atoms with van der Waals surface area (Å²) in [6, 6.07) is 6.18. The van der Waals surface area contributed by atoms with Gasteiger partial charge in [0.25, 0.3) is 0 Å². The Bertz CT molecular complexity index is 361. The maximum absolute atomic E-state index is 5.91. The topological polar surface area (TPSA) is 38.0 Å². The molecular formula is C14H22N2. The van der Waals surface area contributed by atoms with Gasteiger partial charge in [0, 0.05) is 17.8 Å². The average molecular weight is 218 g/mol. The molecule has 0 radical (unpaired) electrons. The van der Waals surface area contributed by atoms with Gasteiger partial charge in [-0.05, 0) is 49.8 Å². The van der Waals surface area contributed by atoms with Crippen LogP contribution in [0, 0.1) is 6.92 Å². The Kier molecular flexibility index (Phi) is 3.20. The van der Waals surface area contributed by atoms with E-state index in [4.69, 9.17) is 5.73 Å². The van der Waals surface area contributed by atoms with Gasteiger partial charge in [0.2, 0.25) is 0 Å². The summed E-state index contributed by atoms with van der Waals surface area (Å²) < 4.78 is 0. The van der Waals surface area contributed by atoms with Gasteiger partial charge in [-0.15, -0.1) is 0 Å². The van der Waals surface area contributed by atoms with Crippen LogP contribution < -0.4 is 11.1 Å². The van der Waals surface area contributed by atoms with Crippen LogP contribution >= 0.6 is 0 Å². The van der Waals surface area contributed by atoms with E-state index in [0.29, 0.717) is 5.54 Å². The van der Waals surface area contributed by atoms with Gasteiger partial charge in [-0.25, -0.2) is 0 Å². The van der Waals surface area contributed by atoms with E-state index in [1.807, 2.05) is 12.1 Å². The van der Waals surface area contributed by atoms with Crippen LogP contribution in [0.5, 0.6) is 0 Å². The zero-order valence-electron chi connectivity index (χ0n) is 10.3. The van der Waals surface area contributed by atoms with E-state index in [-0.39, 0.29) is 0 Å². The Hall–Kier alpha value is -1.02. The third-order valence-electron chi connectivity index (χ3n) is 4.13. The molecule has 0 aliphatic heterocycles. The summed E-state index contributed by atoms with van der Waals surface area (Å²) in [5, 5.41) is 3.71. The van der Waals surface area contributed by atoms with Crippen molar-refractivity contribution in [3.63, 3.8) is 0 Å². The van der Waals surface area contributed by atoms with E-state index in [1.165, 1.54) is 36.8 Å². The van der Waals surface area contributed by atoms with E-state index in [9.17, 15) is 0 Å². The molecule has 0 aromatic heterocycles. The van der Waals surface area contributed by atoms with Gasteiger partial charge in [-0.3, -0.25) is 0 Å². The second-order valence-corrected chi connectivity index (χ2v) is 4.97. The number of nitrogens with two attached hydrogens (primary N) is 1. The smallest absolute Gasteiger partial charge is 0.0346 e. The van der Waals surface area contributed by atoms with E-state index < -0.39 is 0 Å². The van der Waals surface area contributed by atoms with E-state index >= 15 is 0 Å². The highest BCUT2D eigenvalue weighted by atomic mass is 15.0. The molecule has 1 saturated carbocycles. The number of hydrogen-bond donors (Lipinski definition) is 2. The number of rotatable bonds is 4. The lowest BCUT2D eigenvalue weighted by Crippen LogP contribution is -2.49. The molecule has 1 aliphatic carbocycles. The van der Waals surface area contributed by atoms with Crippen LogP contribution in [-0.4, -0.2) is 5.54 Å². The third kappa shape index (κ3) is 2.07. The normalized spacial score (nSPS) is 18.1. The van der Waals surface area contributed by atoms with Crippen LogP contribution in [0.3, 0.4) is 0 Å². The molecule has 0 heterocycles. The Morgan fingerprint density at radius 2 is 2.12 bits per heavy atom. The van der Waals surface area contributed by atoms with Gasteiger partial charge < -0.3 is 11.1 Å². The molecule has 1 aromatic carbocycles. The van der Waals surface area contributed by atoms with E-state index in [0.717, 1.165) is 12.2 Å². The molecule has 0 atom stereocenters. The Labute approximate surface area is 98.2 Å². The minimum Gasteiger partial charge on any atom is -0.399 e. The first-order chi connectivity index (χ1) is 7.67. The SMILES string of the molecule is CCC1(NCc2cccc(N)c2C)CCC1. The quantitative estimate of drug-likeness (QED) is 0.762. The standard InChI is InChI=1S/C14H22N2/c1-3-14(8-5-9-14)16-10-12-6-4-7-13(15)11(12)2/h4,6-7,16H,3,5,8-10,15H2,1-2H3. The molecule has 0 amide bonds. The minimum absolute atomic E-state index is 0.414. The fourth-order valence-electron chi connectivity index (χ4n) is 2.44. The van der Waals surface area contributed by atoms with Crippen molar-refractivity contribution >= 4 is 5.69 Å². The Morgan fingerprint density at radius 1 is 1.38 bits per heavy atom. The van der Waals surface area contributed by atoms with Gasteiger partial charge in [-0.2, -0.15) is 0 Å². The highest BCUT2D eigenvalue weighted by molar-refractivity contribution is 5.49. The first-order valence-corrected chi connectivity index (χ1v) is 6.26. The zero-order valence-corrected chi connectivity index (χ0v) is 10.3. The van der Waals surface area contributed by atoms with Crippen molar-refractivity contribution in [1.29, 1.82) is 0 Å². The molecule has 0 unspecified atom stereocenters. The van der Waals surface area contributed by atoms with Crippen molar-refractivity contribution in [2.24, 2.45) is 0 Å². The molecule has 3 N–H and O–H groups in total. The van der Waals surface area contributed by atoms with Crippen LogP contribution in [0.25, 0.3) is 0 Å². The number of hydrogen-bond acceptors (Lipinski definition) is 2. The summed E-state index contributed by atoms with van der Waals surface area (Å²) >= 11 is 0. The molecule has 1 fully saturated rings. The predicted octanol–water partition coefficient (Wildman–Crippen LogP) is 3.00. The van der Waals surface area contributed by atoms with Gasteiger partial charge in [0.1, 0.15) is 0 Å². The monoisotopic (exact) mass is 218 g/mol. The summed E-state index contributed by atoms with van der Waals surface area (Å²) in [6.07, 6.45) is 5.25. The molecule has 2 nitrogen and oxygen atoms in total. The minimum atomic E-state index is 0.414. The number of nitrogen functional groups attached to an aromatic ring is 1. The van der Waals surface area contributed by atoms with Crippen molar-refractivity contribution in [1.82, 2.24) is 5.32 Å². The summed E-state index contributed by atoms with van der Waals surface area (Å²) in [6.45, 7) is 5.33. The van der Waals surface area contributed by atoms with Crippen molar-refractivity contribution < 1.29 is 0 Å². The van der Waals surface area contributed by atoms with Gasteiger partial charge in [0.15, 0.2) is 0 Å². The molecule has 16 heavy (non-hydrogen) atoms. The van der Waals surface area contributed by atoms with Crippen LogP contribution in [0.15, 0.2) is 18.2 Å². The third-order valence-corrected chi connectivity index (χ3v) is 4.13. The van der Waals surface area contributed by atoms with Crippen molar-refractivity contribution in [2.75, 3.05) is 5.73 Å². The lowest BCUT2D eigenvalue weighted by Gasteiger charge is -2.42. The van der Waals surface area contributed by atoms with Gasteiger partial charge in [-0.1, -0.05) is 19.1 Å². The molecular weight excluding hydrogens is 196 g/mol. The van der Waals surface area contributed by atoms with Crippen LogP contribution in [-0.2, 0) is 6.54 Å². The number of anilines is 1. The fraction of sp³-hybridized carbons (Fsp3) is 0.571. The Balaban J connectivity index is 2.02. The summed E-state index contributed by atoms with van der Waals surface area (Å²) in [7, 11) is 0. The zero-order chi connectivity index (χ0) is 11.6. The van der Waals surface area contributed by atoms with Gasteiger partial charge in [0.05, 0.1) is 0 Å². The molecule has 0 spiro atoms. The molecule has 1 aliphatic rings. The maximum atomic E-state index is 5.91. The summed E-state index contributed by atoms with van der Waals surface area (Å²) in [5.74, 6) is 0. The molecule has 88 valence electrons. The fourth-order valence-corrected chi connectivity index (χ4v) is 2.44. The lowest BCUT2D eigenvalue weighted by atomic mass is 9.75. The van der Waals surface area contributed by atoms with E-state index in [1.54, 1.807) is 0 Å². The van der Waals surface area contributed by atoms with Gasteiger partial charge >= 0.3 is 0 Å². The van der Waals surface area contributed by atoms with Crippen LogP contribution in [0.1, 0.15) is 43.7 Å². The van der Waals surface area contributed by atoms with Crippen LogP contribution in [0.4, 0.5) is 5.69 Å². The largest absolute Gasteiger partial charge is 0.399 e. The second kappa shape index (κ2) is 4.46. The predicted molar refractivity (Wildman–Crippen MR) is 69.3 cm³/mol. The molecule has 2 heteroatoms. The van der Waals surface area contributed by atoms with Crippen molar-refractivity contribution in [3.8, 4) is 0 Å². The molecule has 0 saturated heterocycles. The molecule has 0 bridgehead atoms. The molecule has 2 rings (SSSR count). The first kappa shape index (κ1) is 11.5. The average Bonchev–Trinajstić information content (AvgIpc) is 2.23. The van der Waals surface area contributed by atoms with E-state index in [2.05, 4.69) is 25.2 Å². The summed E-state index contributed by atoms with van der Waals surface area (Å²) in [4.78, 5) is 0. The highest BCUT2D eigenvalue weighted by Crippen LogP contribution is 2.35. The van der Waals surface area contributed by atoms with Crippen molar-refractivity contribution in [2.45, 2.75) is 51.6 Å². The lowest BCUT2D eigenvalue weighted by molar-refractivity contribution is 0.175. The second-order valence-electron chi connectivity index (χ2n) is 4.97. The number of benzene rings is 1. The molecule has 1 aromatic rings. The Morgan fingerprint density at radius 3 is 2.69 bits per heavy atom. The maximum Gasteiger partial charge on any atom is 0.0346 e. The highest BCUT2D eigenvalue weighted by Gasteiger charge is 2.34. The van der Waals surface area contributed by atoms with Crippen molar-refractivity contribution in [3.05, 3.63) is 29.3 Å². The first-order valence-electron chi connectivity index (χ1n) is 6.26. The summed E-state index contributed by atoms with van der Waals surface area (Å²) in [5.41, 5.74) is 9.78. The number of nitrogens with one attached hydrogen (secondary N) is 1. The van der Waals surface area contributed by atoms with Crippen LogP contribution in [0.2, 0.25) is 0 Å².